The van der Waals surface area contributed by atoms with Gasteiger partial charge in [0.2, 0.25) is 0 Å². The van der Waals surface area contributed by atoms with Gasteiger partial charge in [-0.1, -0.05) is 44.4 Å². The Bertz CT molecular complexity index is 547. The SMILES string of the molecule is CCCCCCP.O=Cc1c[nH]c2ccccc12.O=S=O. The predicted octanol–water partition coefficient (Wildman–Crippen LogP) is 3.75. The van der Waals surface area contributed by atoms with Crippen LogP contribution in [0.25, 0.3) is 10.9 Å². The number of hydrogen-bond acceptors (Lipinski definition) is 3. The van der Waals surface area contributed by atoms with Gasteiger partial charge in [-0.3, -0.25) is 4.79 Å². The van der Waals surface area contributed by atoms with Crippen molar-refractivity contribution in [2.24, 2.45) is 0 Å². The first-order valence-electron chi connectivity index (χ1n) is 6.88. The predicted molar refractivity (Wildman–Crippen MR) is 91.3 cm³/mol. The Hall–Kier alpha value is -1.32. The van der Waals surface area contributed by atoms with Gasteiger partial charge < -0.3 is 4.98 Å². The largest absolute Gasteiger partial charge is 0.360 e. The number of nitrogens with one attached hydrogen (secondary N) is 1. The van der Waals surface area contributed by atoms with E-state index in [-0.39, 0.29) is 0 Å². The lowest BCUT2D eigenvalue weighted by molar-refractivity contribution is 0.112. The first-order chi connectivity index (χ1) is 10.2. The standard InChI is InChI=1S/C9H7NO.C6H15P.O2S/c11-6-7-5-10-9-4-2-1-3-8(7)9;1-2-3-4-5-6-7;1-3-2/h1-6,10H;2-7H2,1H3;. The molecule has 1 aromatic heterocycles. The van der Waals surface area contributed by atoms with Gasteiger partial charge in [0.05, 0.1) is 0 Å². The highest BCUT2D eigenvalue weighted by Gasteiger charge is 1.98. The van der Waals surface area contributed by atoms with Crippen molar-refractivity contribution in [1.82, 2.24) is 4.98 Å². The van der Waals surface area contributed by atoms with Gasteiger partial charge in [0.15, 0.2) is 6.29 Å². The molecule has 4 nitrogen and oxygen atoms in total. The molecule has 21 heavy (non-hydrogen) atoms. The van der Waals surface area contributed by atoms with E-state index < -0.39 is 11.6 Å². The van der Waals surface area contributed by atoms with Gasteiger partial charge in [0, 0.05) is 22.7 Å². The van der Waals surface area contributed by atoms with E-state index in [0.29, 0.717) is 0 Å². The van der Waals surface area contributed by atoms with Gasteiger partial charge in [-0.05, 0) is 18.6 Å². The van der Waals surface area contributed by atoms with Crippen LogP contribution >= 0.6 is 9.24 Å². The van der Waals surface area contributed by atoms with Crippen molar-refractivity contribution in [3.63, 3.8) is 0 Å². The van der Waals surface area contributed by atoms with Crippen LogP contribution in [0.2, 0.25) is 0 Å². The smallest absolute Gasteiger partial charge is 0.335 e. The van der Waals surface area contributed by atoms with E-state index >= 15 is 0 Å². The maximum Gasteiger partial charge on any atom is 0.335 e. The lowest BCUT2D eigenvalue weighted by atomic mass is 10.2. The molecular weight excluding hydrogens is 305 g/mol. The fourth-order valence-electron chi connectivity index (χ4n) is 1.76. The van der Waals surface area contributed by atoms with Gasteiger partial charge in [-0.15, -0.1) is 9.24 Å². The summed E-state index contributed by atoms with van der Waals surface area (Å²) in [6, 6.07) is 7.73. The third kappa shape index (κ3) is 8.53. The monoisotopic (exact) mass is 327 g/mol. The number of hydrogen-bond donors (Lipinski definition) is 1. The van der Waals surface area contributed by atoms with E-state index in [0.717, 1.165) is 22.8 Å². The van der Waals surface area contributed by atoms with Crippen LogP contribution in [0.3, 0.4) is 0 Å². The molecule has 0 spiro atoms. The van der Waals surface area contributed by atoms with Crippen LogP contribution in [0.5, 0.6) is 0 Å². The third-order valence-corrected chi connectivity index (χ3v) is 3.21. The van der Waals surface area contributed by atoms with Crippen molar-refractivity contribution in [2.45, 2.75) is 32.6 Å². The summed E-state index contributed by atoms with van der Waals surface area (Å²) in [7, 11) is 2.75. The first kappa shape index (κ1) is 19.7. The van der Waals surface area contributed by atoms with Gasteiger partial charge in [0.25, 0.3) is 0 Å². The molecule has 1 heterocycles. The van der Waals surface area contributed by atoms with E-state index in [4.69, 9.17) is 8.42 Å². The number of aromatic nitrogens is 1. The topological polar surface area (TPSA) is 67.0 Å². The van der Waals surface area contributed by atoms with Crippen molar-refractivity contribution in [3.8, 4) is 0 Å². The van der Waals surface area contributed by atoms with Crippen LogP contribution in [0, 0.1) is 0 Å². The highest BCUT2D eigenvalue weighted by Crippen LogP contribution is 2.14. The molecule has 1 atom stereocenters. The number of rotatable bonds is 5. The molecule has 1 N–H and O–H groups in total. The summed E-state index contributed by atoms with van der Waals surface area (Å²) in [5.74, 6) is 0. The van der Waals surface area contributed by atoms with Gasteiger partial charge >= 0.3 is 11.6 Å². The van der Waals surface area contributed by atoms with Crippen molar-refractivity contribution in [2.75, 3.05) is 6.16 Å². The highest BCUT2D eigenvalue weighted by atomic mass is 32.1. The minimum Gasteiger partial charge on any atom is -0.360 e. The summed E-state index contributed by atoms with van der Waals surface area (Å²) in [5.41, 5.74) is 1.73. The molecule has 0 saturated heterocycles. The number of fused-ring (bicyclic) bond motifs is 1. The Morgan fingerprint density at radius 1 is 1.19 bits per heavy atom. The second-order valence-corrected chi connectivity index (χ2v) is 5.04. The normalized spacial score (nSPS) is 9.05. The lowest BCUT2D eigenvalue weighted by Gasteiger charge is -1.90. The molecule has 6 heteroatoms. The van der Waals surface area contributed by atoms with Crippen LogP contribution in [0.4, 0.5) is 0 Å². The van der Waals surface area contributed by atoms with E-state index in [1.807, 2.05) is 24.3 Å². The fourth-order valence-corrected chi connectivity index (χ4v) is 2.05. The molecule has 0 aliphatic rings. The van der Waals surface area contributed by atoms with Crippen molar-refractivity contribution in [1.29, 1.82) is 0 Å². The van der Waals surface area contributed by atoms with Crippen molar-refractivity contribution >= 4 is 38.0 Å². The van der Waals surface area contributed by atoms with Crippen molar-refractivity contribution < 1.29 is 13.2 Å². The van der Waals surface area contributed by atoms with Crippen molar-refractivity contribution in [3.05, 3.63) is 36.0 Å². The minimum atomic E-state index is -0.750. The number of benzene rings is 1. The fraction of sp³-hybridized carbons (Fsp3) is 0.400. The quantitative estimate of drug-likeness (QED) is 0.516. The van der Waals surface area contributed by atoms with Crippen LogP contribution in [-0.4, -0.2) is 25.8 Å². The number of para-hydroxylation sites is 1. The Labute approximate surface area is 131 Å². The Kier molecular flexibility index (Phi) is 12.8. The molecule has 0 saturated carbocycles. The zero-order valence-electron chi connectivity index (χ0n) is 12.2. The third-order valence-electron chi connectivity index (χ3n) is 2.81. The second-order valence-electron chi connectivity index (χ2n) is 4.32. The molecule has 0 aliphatic heterocycles. The average molecular weight is 327 g/mol. The number of unbranched alkanes of at least 4 members (excludes halogenated alkanes) is 3. The highest BCUT2D eigenvalue weighted by molar-refractivity contribution is 7.51. The Morgan fingerprint density at radius 2 is 1.86 bits per heavy atom. The maximum absolute atomic E-state index is 10.5. The summed E-state index contributed by atoms with van der Waals surface area (Å²) >= 11 is -0.750. The maximum atomic E-state index is 10.5. The zero-order valence-corrected chi connectivity index (χ0v) is 14.2. The molecule has 0 bridgehead atoms. The molecule has 0 amide bonds. The molecule has 0 radical (unpaired) electrons. The number of aldehydes is 1. The molecule has 1 unspecified atom stereocenters. The molecule has 2 aromatic rings. The zero-order chi connectivity index (χ0) is 15.9. The molecule has 1 aromatic carbocycles. The van der Waals surface area contributed by atoms with Gasteiger partial charge in [-0.2, -0.15) is 8.42 Å². The van der Waals surface area contributed by atoms with E-state index in [1.54, 1.807) is 6.20 Å². The minimum absolute atomic E-state index is 0.723. The van der Waals surface area contributed by atoms with E-state index in [1.165, 1.54) is 31.8 Å². The number of carbonyl (C=O) groups excluding carboxylic acids is 1. The Balaban J connectivity index is 0.000000348. The van der Waals surface area contributed by atoms with Crippen LogP contribution in [-0.2, 0) is 11.6 Å². The number of H-pyrrole nitrogens is 1. The summed E-state index contributed by atoms with van der Waals surface area (Å²) in [6.45, 7) is 2.24. The van der Waals surface area contributed by atoms with Crippen LogP contribution in [0.15, 0.2) is 30.5 Å². The summed E-state index contributed by atoms with van der Waals surface area (Å²) in [5, 5.41) is 0.988. The summed E-state index contributed by atoms with van der Waals surface area (Å²) < 4.78 is 16.6. The second kappa shape index (κ2) is 13.7. The first-order valence-corrected chi connectivity index (χ1v) is 8.36. The van der Waals surface area contributed by atoms with E-state index in [2.05, 4.69) is 21.1 Å². The number of aromatic amines is 1. The van der Waals surface area contributed by atoms with Gasteiger partial charge in [-0.25, -0.2) is 0 Å². The van der Waals surface area contributed by atoms with Gasteiger partial charge in [0.1, 0.15) is 0 Å². The van der Waals surface area contributed by atoms with Crippen LogP contribution < -0.4 is 0 Å². The molecule has 116 valence electrons. The summed E-state index contributed by atoms with van der Waals surface area (Å²) in [6.07, 6.45) is 9.42. The molecule has 0 fully saturated rings. The average Bonchev–Trinajstić information content (AvgIpc) is 2.92. The molecular formula is C15H22NO3PS. The van der Waals surface area contributed by atoms with E-state index in [9.17, 15) is 4.79 Å². The lowest BCUT2D eigenvalue weighted by Crippen LogP contribution is -1.73. The van der Waals surface area contributed by atoms with Crippen LogP contribution in [0.1, 0.15) is 43.0 Å². The molecule has 0 aliphatic carbocycles. The molecule has 2 rings (SSSR count). The summed E-state index contributed by atoms with van der Waals surface area (Å²) in [4.78, 5) is 13.5. The number of carbonyl (C=O) groups is 1. The Morgan fingerprint density at radius 3 is 2.43 bits per heavy atom.